The highest BCUT2D eigenvalue weighted by Crippen LogP contribution is 2.27. The topological polar surface area (TPSA) is 40.5 Å². The molecular weight excluding hydrogens is 262 g/mol. The van der Waals surface area contributed by atoms with Gasteiger partial charge in [-0.15, -0.1) is 0 Å². The summed E-state index contributed by atoms with van der Waals surface area (Å²) in [5.41, 5.74) is 2.17. The number of rotatable bonds is 4. The number of nitrogens with zero attached hydrogens (tertiary/aromatic N) is 1. The quantitative estimate of drug-likeness (QED) is 0.924. The van der Waals surface area contributed by atoms with E-state index in [9.17, 15) is 9.90 Å². The predicted molar refractivity (Wildman–Crippen MR) is 85.5 cm³/mol. The number of piperidine rings is 1. The standard InChI is InChI=1S/C18H27NO2/c1-4-18(2,3)16-9-7-15(8-10-16)17(21)19-11-5-6-14(12-19)13-20/h7-10,14,20H,4-6,11-13H2,1-3H3. The lowest BCUT2D eigenvalue weighted by Gasteiger charge is -2.32. The van der Waals surface area contributed by atoms with E-state index in [0.717, 1.165) is 31.4 Å². The molecule has 1 N–H and O–H groups in total. The van der Waals surface area contributed by atoms with Gasteiger partial charge < -0.3 is 10.0 Å². The number of hydrogen-bond donors (Lipinski definition) is 1. The van der Waals surface area contributed by atoms with Crippen LogP contribution < -0.4 is 0 Å². The Morgan fingerprint density at radius 3 is 2.57 bits per heavy atom. The molecule has 1 aliphatic heterocycles. The molecule has 21 heavy (non-hydrogen) atoms. The van der Waals surface area contributed by atoms with E-state index in [0.29, 0.717) is 6.54 Å². The molecule has 0 bridgehead atoms. The Labute approximate surface area is 128 Å². The minimum Gasteiger partial charge on any atom is -0.396 e. The van der Waals surface area contributed by atoms with E-state index in [-0.39, 0.29) is 23.8 Å². The summed E-state index contributed by atoms with van der Waals surface area (Å²) in [4.78, 5) is 14.4. The van der Waals surface area contributed by atoms with E-state index < -0.39 is 0 Å². The van der Waals surface area contributed by atoms with Crippen molar-refractivity contribution in [1.82, 2.24) is 4.90 Å². The van der Waals surface area contributed by atoms with Gasteiger partial charge in [-0.2, -0.15) is 0 Å². The van der Waals surface area contributed by atoms with Crippen LogP contribution in [0.5, 0.6) is 0 Å². The summed E-state index contributed by atoms with van der Waals surface area (Å²) >= 11 is 0. The van der Waals surface area contributed by atoms with Crippen molar-refractivity contribution in [2.45, 2.75) is 45.4 Å². The summed E-state index contributed by atoms with van der Waals surface area (Å²) in [6.07, 6.45) is 3.08. The van der Waals surface area contributed by atoms with Crippen LogP contribution in [0.2, 0.25) is 0 Å². The van der Waals surface area contributed by atoms with Crippen molar-refractivity contribution < 1.29 is 9.90 Å². The number of aliphatic hydroxyl groups excluding tert-OH is 1. The van der Waals surface area contributed by atoms with Crippen LogP contribution in [0, 0.1) is 5.92 Å². The number of carbonyl (C=O) groups is 1. The van der Waals surface area contributed by atoms with Crippen molar-refractivity contribution in [3.63, 3.8) is 0 Å². The highest BCUT2D eigenvalue weighted by atomic mass is 16.3. The first-order valence-corrected chi connectivity index (χ1v) is 7.98. The van der Waals surface area contributed by atoms with Crippen molar-refractivity contribution in [3.05, 3.63) is 35.4 Å². The zero-order chi connectivity index (χ0) is 15.5. The SMILES string of the molecule is CCC(C)(C)c1ccc(C(=O)N2CCCC(CO)C2)cc1. The van der Waals surface area contributed by atoms with Gasteiger partial charge >= 0.3 is 0 Å². The summed E-state index contributed by atoms with van der Waals surface area (Å²) in [6.45, 7) is 8.28. The van der Waals surface area contributed by atoms with Gasteiger partial charge in [0.15, 0.2) is 0 Å². The van der Waals surface area contributed by atoms with Crippen LogP contribution in [-0.4, -0.2) is 35.6 Å². The monoisotopic (exact) mass is 289 g/mol. The Bertz CT molecular complexity index is 478. The second-order valence-electron chi connectivity index (χ2n) is 6.76. The molecule has 1 saturated heterocycles. The third-order valence-electron chi connectivity index (χ3n) is 4.86. The molecule has 1 fully saturated rings. The van der Waals surface area contributed by atoms with Crippen LogP contribution in [0.4, 0.5) is 0 Å². The number of amides is 1. The molecule has 0 spiro atoms. The second-order valence-corrected chi connectivity index (χ2v) is 6.76. The summed E-state index contributed by atoms with van der Waals surface area (Å²) in [7, 11) is 0. The van der Waals surface area contributed by atoms with Crippen LogP contribution >= 0.6 is 0 Å². The van der Waals surface area contributed by atoms with Crippen LogP contribution in [0.25, 0.3) is 0 Å². The van der Waals surface area contributed by atoms with Crippen LogP contribution in [0.15, 0.2) is 24.3 Å². The average molecular weight is 289 g/mol. The molecule has 1 unspecified atom stereocenters. The number of aliphatic hydroxyl groups is 1. The second kappa shape index (κ2) is 6.61. The van der Waals surface area contributed by atoms with Gasteiger partial charge in [-0.25, -0.2) is 0 Å². The van der Waals surface area contributed by atoms with E-state index in [1.165, 1.54) is 5.56 Å². The molecule has 3 nitrogen and oxygen atoms in total. The Balaban J connectivity index is 2.09. The molecule has 2 rings (SSSR count). The molecule has 116 valence electrons. The number of carbonyl (C=O) groups excluding carboxylic acids is 1. The fraction of sp³-hybridized carbons (Fsp3) is 0.611. The van der Waals surface area contributed by atoms with E-state index in [2.05, 4.69) is 32.9 Å². The smallest absolute Gasteiger partial charge is 0.253 e. The Hall–Kier alpha value is -1.35. The summed E-state index contributed by atoms with van der Waals surface area (Å²) in [6, 6.07) is 8.03. The van der Waals surface area contributed by atoms with Crippen molar-refractivity contribution in [2.75, 3.05) is 19.7 Å². The number of likely N-dealkylation sites (tertiary alicyclic amines) is 1. The first-order chi connectivity index (χ1) is 9.97. The molecule has 1 heterocycles. The maximum Gasteiger partial charge on any atom is 0.253 e. The van der Waals surface area contributed by atoms with Gasteiger partial charge in [-0.3, -0.25) is 4.79 Å². The third-order valence-corrected chi connectivity index (χ3v) is 4.86. The van der Waals surface area contributed by atoms with Gasteiger partial charge in [0.05, 0.1) is 0 Å². The molecule has 1 aromatic carbocycles. The normalized spacial score (nSPS) is 19.6. The molecule has 1 amide bonds. The molecule has 1 aliphatic rings. The summed E-state index contributed by atoms with van der Waals surface area (Å²) < 4.78 is 0. The van der Waals surface area contributed by atoms with Crippen LogP contribution in [0.3, 0.4) is 0 Å². The Kier molecular flexibility index (Phi) is 5.04. The summed E-state index contributed by atoms with van der Waals surface area (Å²) in [5.74, 6) is 0.329. The minimum absolute atomic E-state index is 0.0917. The zero-order valence-corrected chi connectivity index (χ0v) is 13.4. The highest BCUT2D eigenvalue weighted by molar-refractivity contribution is 5.94. The first kappa shape index (κ1) is 16.0. The lowest BCUT2D eigenvalue weighted by atomic mass is 9.82. The van der Waals surface area contributed by atoms with E-state index in [4.69, 9.17) is 0 Å². The van der Waals surface area contributed by atoms with Gasteiger partial charge in [-0.05, 0) is 48.3 Å². The Morgan fingerprint density at radius 2 is 2.00 bits per heavy atom. The highest BCUT2D eigenvalue weighted by Gasteiger charge is 2.24. The Morgan fingerprint density at radius 1 is 1.33 bits per heavy atom. The third kappa shape index (κ3) is 3.65. The molecule has 1 atom stereocenters. The largest absolute Gasteiger partial charge is 0.396 e. The van der Waals surface area contributed by atoms with Crippen molar-refractivity contribution in [2.24, 2.45) is 5.92 Å². The number of benzene rings is 1. The van der Waals surface area contributed by atoms with Gasteiger partial charge in [-0.1, -0.05) is 32.9 Å². The average Bonchev–Trinajstić information content (AvgIpc) is 2.54. The molecule has 1 aromatic rings. The van der Waals surface area contributed by atoms with Gasteiger partial charge in [0.1, 0.15) is 0 Å². The molecule has 0 aromatic heterocycles. The van der Waals surface area contributed by atoms with Crippen molar-refractivity contribution in [1.29, 1.82) is 0 Å². The lowest BCUT2D eigenvalue weighted by Crippen LogP contribution is -2.40. The zero-order valence-electron chi connectivity index (χ0n) is 13.4. The van der Waals surface area contributed by atoms with Gasteiger partial charge in [0, 0.05) is 25.3 Å². The fourth-order valence-electron chi connectivity index (χ4n) is 2.85. The van der Waals surface area contributed by atoms with E-state index in [1.54, 1.807) is 0 Å². The maximum atomic E-state index is 12.5. The summed E-state index contributed by atoms with van der Waals surface area (Å²) in [5, 5.41) is 9.28. The first-order valence-electron chi connectivity index (χ1n) is 7.98. The van der Waals surface area contributed by atoms with Gasteiger partial charge in [0.2, 0.25) is 0 Å². The molecule has 0 saturated carbocycles. The predicted octanol–water partition coefficient (Wildman–Crippen LogP) is 3.22. The van der Waals surface area contributed by atoms with E-state index in [1.807, 2.05) is 17.0 Å². The molecular formula is C18H27NO2. The molecule has 3 heteroatoms. The van der Waals surface area contributed by atoms with Gasteiger partial charge in [0.25, 0.3) is 5.91 Å². The fourth-order valence-corrected chi connectivity index (χ4v) is 2.85. The van der Waals surface area contributed by atoms with Crippen LogP contribution in [0.1, 0.15) is 56.0 Å². The minimum atomic E-state index is 0.0917. The van der Waals surface area contributed by atoms with Crippen molar-refractivity contribution >= 4 is 5.91 Å². The lowest BCUT2D eigenvalue weighted by molar-refractivity contribution is 0.0620. The molecule has 0 aliphatic carbocycles. The van der Waals surface area contributed by atoms with Crippen LogP contribution in [-0.2, 0) is 5.41 Å². The van der Waals surface area contributed by atoms with Crippen molar-refractivity contribution in [3.8, 4) is 0 Å². The number of hydrogen-bond acceptors (Lipinski definition) is 2. The maximum absolute atomic E-state index is 12.5. The van der Waals surface area contributed by atoms with E-state index >= 15 is 0 Å². The molecule has 0 radical (unpaired) electrons.